The maximum Gasteiger partial charge on any atom is 0.0986 e. The molecule has 2 rings (SSSR count). The van der Waals surface area contributed by atoms with Crippen molar-refractivity contribution in [2.24, 2.45) is 5.92 Å². The van der Waals surface area contributed by atoms with Crippen LogP contribution in [0.1, 0.15) is 39.0 Å². The van der Waals surface area contributed by atoms with E-state index >= 15 is 0 Å². The van der Waals surface area contributed by atoms with E-state index in [2.05, 4.69) is 5.32 Å². The van der Waals surface area contributed by atoms with Crippen LogP contribution in [0.5, 0.6) is 0 Å². The largest absolute Gasteiger partial charge is 0.377 e. The van der Waals surface area contributed by atoms with Gasteiger partial charge in [0.1, 0.15) is 0 Å². The van der Waals surface area contributed by atoms with E-state index in [0.29, 0.717) is 12.1 Å². The monoisotopic (exact) mass is 227 g/mol. The average Bonchev–Trinajstić information content (AvgIpc) is 3.05. The Kier molecular flexibility index (Phi) is 4.62. The van der Waals surface area contributed by atoms with Crippen LogP contribution in [0.25, 0.3) is 0 Å². The van der Waals surface area contributed by atoms with Gasteiger partial charge in [-0.3, -0.25) is 0 Å². The van der Waals surface area contributed by atoms with Crippen LogP contribution in [0.4, 0.5) is 0 Å². The molecule has 0 bridgehead atoms. The third-order valence-electron chi connectivity index (χ3n) is 3.79. The van der Waals surface area contributed by atoms with Crippen LogP contribution in [-0.2, 0) is 9.47 Å². The fourth-order valence-electron chi connectivity index (χ4n) is 2.56. The Hall–Kier alpha value is -0.120. The fourth-order valence-corrected chi connectivity index (χ4v) is 2.56. The van der Waals surface area contributed by atoms with E-state index in [1.54, 1.807) is 7.11 Å². The molecule has 0 spiro atoms. The summed E-state index contributed by atoms with van der Waals surface area (Å²) in [5, 5.41) is 3.59. The van der Waals surface area contributed by atoms with Gasteiger partial charge >= 0.3 is 0 Å². The molecule has 2 saturated carbocycles. The lowest BCUT2D eigenvalue weighted by molar-refractivity contribution is -0.131. The highest BCUT2D eigenvalue weighted by atomic mass is 16.5. The van der Waals surface area contributed by atoms with Gasteiger partial charge in [-0.2, -0.15) is 0 Å². The van der Waals surface area contributed by atoms with Gasteiger partial charge in [0.05, 0.1) is 12.2 Å². The highest BCUT2D eigenvalue weighted by Crippen LogP contribution is 2.33. The Bertz CT molecular complexity index is 206. The van der Waals surface area contributed by atoms with Crippen molar-refractivity contribution >= 4 is 0 Å². The Morgan fingerprint density at radius 1 is 1.31 bits per heavy atom. The molecule has 2 fully saturated rings. The zero-order valence-electron chi connectivity index (χ0n) is 10.6. The molecule has 2 aliphatic rings. The Morgan fingerprint density at radius 3 is 2.75 bits per heavy atom. The molecule has 3 heteroatoms. The summed E-state index contributed by atoms with van der Waals surface area (Å²) < 4.78 is 11.1. The van der Waals surface area contributed by atoms with Gasteiger partial charge in [0.15, 0.2) is 0 Å². The van der Waals surface area contributed by atoms with Gasteiger partial charge in [-0.1, -0.05) is 12.8 Å². The predicted molar refractivity (Wildman–Crippen MR) is 64.6 cm³/mol. The summed E-state index contributed by atoms with van der Waals surface area (Å²) in [7, 11) is 1.79. The summed E-state index contributed by atoms with van der Waals surface area (Å²) in [5.74, 6) is 1.05. The smallest absolute Gasteiger partial charge is 0.0986 e. The minimum atomic E-state index is 0.265. The third kappa shape index (κ3) is 3.19. The van der Waals surface area contributed by atoms with Crippen LogP contribution in [0.2, 0.25) is 0 Å². The van der Waals surface area contributed by atoms with Crippen molar-refractivity contribution in [3.05, 3.63) is 0 Å². The Labute approximate surface area is 98.9 Å². The minimum Gasteiger partial charge on any atom is -0.377 e. The van der Waals surface area contributed by atoms with E-state index in [0.717, 1.165) is 25.5 Å². The van der Waals surface area contributed by atoms with Gasteiger partial charge in [0.2, 0.25) is 0 Å². The quantitative estimate of drug-likeness (QED) is 0.643. The molecular weight excluding hydrogens is 202 g/mol. The number of rotatable bonds is 8. The minimum absolute atomic E-state index is 0.265. The van der Waals surface area contributed by atoms with Crippen LogP contribution in [-0.4, -0.2) is 38.5 Å². The standard InChI is InChI=1S/C13H25NO2/c1-3-16-12-9-11(13(12)15-2)14-8-4-5-10-6-7-10/h10-14H,3-9H2,1-2H3. The van der Waals surface area contributed by atoms with Crippen molar-refractivity contribution in [1.29, 1.82) is 0 Å². The summed E-state index contributed by atoms with van der Waals surface area (Å²) in [6.45, 7) is 3.97. The summed E-state index contributed by atoms with van der Waals surface area (Å²) in [6.07, 6.45) is 7.35. The van der Waals surface area contributed by atoms with Crippen molar-refractivity contribution < 1.29 is 9.47 Å². The summed E-state index contributed by atoms with van der Waals surface area (Å²) in [5.41, 5.74) is 0. The molecule has 0 aromatic carbocycles. The predicted octanol–water partition coefficient (Wildman–Crippen LogP) is 1.96. The molecule has 94 valence electrons. The summed E-state index contributed by atoms with van der Waals surface area (Å²) in [4.78, 5) is 0. The lowest BCUT2D eigenvalue weighted by Gasteiger charge is -2.43. The van der Waals surface area contributed by atoms with Crippen LogP contribution in [0.3, 0.4) is 0 Å². The van der Waals surface area contributed by atoms with Crippen LogP contribution >= 0.6 is 0 Å². The normalized spacial score (nSPS) is 33.8. The van der Waals surface area contributed by atoms with Gasteiger partial charge in [0.25, 0.3) is 0 Å². The molecule has 3 atom stereocenters. The van der Waals surface area contributed by atoms with Gasteiger partial charge in [0, 0.05) is 19.8 Å². The lowest BCUT2D eigenvalue weighted by atomic mass is 9.85. The van der Waals surface area contributed by atoms with Gasteiger partial charge in [-0.15, -0.1) is 0 Å². The molecule has 0 aromatic rings. The molecule has 3 unspecified atom stereocenters. The first-order chi connectivity index (χ1) is 7.85. The molecule has 0 radical (unpaired) electrons. The zero-order chi connectivity index (χ0) is 11.4. The fraction of sp³-hybridized carbons (Fsp3) is 1.00. The molecular formula is C13H25NO2. The van der Waals surface area contributed by atoms with Crippen molar-refractivity contribution in [2.45, 2.75) is 57.3 Å². The SMILES string of the molecule is CCOC1CC(NCCCC2CC2)C1OC. The second kappa shape index (κ2) is 5.99. The molecule has 0 amide bonds. The van der Waals surface area contributed by atoms with Crippen molar-refractivity contribution in [2.75, 3.05) is 20.3 Å². The number of hydrogen-bond acceptors (Lipinski definition) is 3. The number of methoxy groups -OCH3 is 1. The highest BCUT2D eigenvalue weighted by Gasteiger charge is 2.41. The number of nitrogens with one attached hydrogen (secondary N) is 1. The molecule has 0 saturated heterocycles. The number of ether oxygens (including phenoxy) is 2. The molecule has 3 nitrogen and oxygen atoms in total. The first-order valence-electron chi connectivity index (χ1n) is 6.73. The van der Waals surface area contributed by atoms with E-state index in [9.17, 15) is 0 Å². The Balaban J connectivity index is 1.55. The third-order valence-corrected chi connectivity index (χ3v) is 3.79. The van der Waals surface area contributed by atoms with Gasteiger partial charge < -0.3 is 14.8 Å². The van der Waals surface area contributed by atoms with E-state index in [1.807, 2.05) is 6.92 Å². The Morgan fingerprint density at radius 2 is 2.12 bits per heavy atom. The molecule has 16 heavy (non-hydrogen) atoms. The maximum absolute atomic E-state index is 5.60. The van der Waals surface area contributed by atoms with Crippen LogP contribution in [0.15, 0.2) is 0 Å². The average molecular weight is 227 g/mol. The van der Waals surface area contributed by atoms with E-state index < -0.39 is 0 Å². The number of hydrogen-bond donors (Lipinski definition) is 1. The molecule has 0 aromatic heterocycles. The van der Waals surface area contributed by atoms with Crippen molar-refractivity contribution in [3.8, 4) is 0 Å². The van der Waals surface area contributed by atoms with Crippen molar-refractivity contribution in [3.63, 3.8) is 0 Å². The summed E-state index contributed by atoms with van der Waals surface area (Å²) >= 11 is 0. The first-order valence-corrected chi connectivity index (χ1v) is 6.73. The topological polar surface area (TPSA) is 30.5 Å². The highest BCUT2D eigenvalue weighted by molar-refractivity contribution is 4.97. The molecule has 2 aliphatic carbocycles. The van der Waals surface area contributed by atoms with E-state index in [-0.39, 0.29) is 6.10 Å². The first kappa shape index (κ1) is 12.3. The maximum atomic E-state index is 5.60. The van der Waals surface area contributed by atoms with E-state index in [1.165, 1.54) is 25.7 Å². The molecule has 0 aliphatic heterocycles. The second-order valence-electron chi connectivity index (χ2n) is 5.08. The van der Waals surface area contributed by atoms with Gasteiger partial charge in [-0.05, 0) is 38.6 Å². The van der Waals surface area contributed by atoms with Crippen molar-refractivity contribution in [1.82, 2.24) is 5.32 Å². The second-order valence-corrected chi connectivity index (χ2v) is 5.08. The molecule has 0 heterocycles. The zero-order valence-corrected chi connectivity index (χ0v) is 10.6. The summed E-state index contributed by atoms with van der Waals surface area (Å²) in [6, 6.07) is 0.515. The lowest BCUT2D eigenvalue weighted by Crippen LogP contribution is -2.59. The van der Waals surface area contributed by atoms with Gasteiger partial charge in [-0.25, -0.2) is 0 Å². The molecule has 1 N–H and O–H groups in total. The van der Waals surface area contributed by atoms with E-state index in [4.69, 9.17) is 9.47 Å². The van der Waals surface area contributed by atoms with Crippen LogP contribution in [0, 0.1) is 5.92 Å². The van der Waals surface area contributed by atoms with Crippen LogP contribution < -0.4 is 5.32 Å².